The summed E-state index contributed by atoms with van der Waals surface area (Å²) >= 11 is 0. The molecule has 1 heterocycles. The van der Waals surface area contributed by atoms with E-state index in [0.29, 0.717) is 17.1 Å². The summed E-state index contributed by atoms with van der Waals surface area (Å²) in [6.45, 7) is 1.80. The summed E-state index contributed by atoms with van der Waals surface area (Å²) in [5, 5.41) is 13.8. The van der Waals surface area contributed by atoms with Gasteiger partial charge in [-0.15, -0.1) is 0 Å². The number of benzene rings is 1. The van der Waals surface area contributed by atoms with Gasteiger partial charge in [-0.1, -0.05) is 12.8 Å². The lowest BCUT2D eigenvalue weighted by Gasteiger charge is -2.10. The maximum atomic E-state index is 12.1. The molecule has 0 radical (unpaired) electrons. The van der Waals surface area contributed by atoms with Crippen molar-refractivity contribution in [3.63, 3.8) is 0 Å². The van der Waals surface area contributed by atoms with Crippen molar-refractivity contribution in [3.8, 4) is 5.75 Å². The number of hydrogen-bond acceptors (Lipinski definition) is 5. The fraction of sp³-hybridized carbons (Fsp3) is 0.389. The van der Waals surface area contributed by atoms with E-state index in [1.807, 2.05) is 0 Å². The van der Waals surface area contributed by atoms with Crippen LogP contribution in [0.3, 0.4) is 0 Å². The van der Waals surface area contributed by atoms with E-state index in [9.17, 15) is 14.9 Å². The average Bonchev–Trinajstić information content (AvgIpc) is 3.24. The number of hydrogen-bond donors (Lipinski definition) is 1. The first kappa shape index (κ1) is 17.0. The van der Waals surface area contributed by atoms with E-state index >= 15 is 0 Å². The zero-order valence-electron chi connectivity index (χ0n) is 14.0. The molecule has 1 fully saturated rings. The van der Waals surface area contributed by atoms with Crippen molar-refractivity contribution in [1.29, 1.82) is 0 Å². The molecule has 25 heavy (non-hydrogen) atoms. The highest BCUT2D eigenvalue weighted by molar-refractivity contribution is 5.91. The van der Waals surface area contributed by atoms with Crippen molar-refractivity contribution in [3.05, 3.63) is 57.5 Å². The predicted octanol–water partition coefficient (Wildman–Crippen LogP) is 3.75. The van der Waals surface area contributed by atoms with Crippen LogP contribution in [-0.2, 0) is 6.61 Å². The third-order valence-corrected chi connectivity index (χ3v) is 4.32. The second kappa shape index (κ2) is 7.38. The predicted molar refractivity (Wildman–Crippen MR) is 90.6 cm³/mol. The Hall–Kier alpha value is -2.83. The summed E-state index contributed by atoms with van der Waals surface area (Å²) in [6.07, 6.45) is 4.33. The zero-order chi connectivity index (χ0) is 17.8. The number of nitrogens with zero attached hydrogens (tertiary/aromatic N) is 1. The molecule has 1 amide bonds. The van der Waals surface area contributed by atoms with Gasteiger partial charge in [-0.2, -0.15) is 0 Å². The highest BCUT2D eigenvalue weighted by Crippen LogP contribution is 2.24. The second-order valence-corrected chi connectivity index (χ2v) is 6.21. The van der Waals surface area contributed by atoms with Crippen molar-refractivity contribution in [2.45, 2.75) is 45.3 Å². The third kappa shape index (κ3) is 4.17. The largest absolute Gasteiger partial charge is 0.486 e. The molecule has 0 bridgehead atoms. The third-order valence-electron chi connectivity index (χ3n) is 4.32. The molecule has 1 saturated carbocycles. The number of nitrogens with one attached hydrogen (secondary N) is 1. The molecule has 1 aliphatic rings. The lowest BCUT2D eigenvalue weighted by atomic mass is 10.2. The van der Waals surface area contributed by atoms with Gasteiger partial charge in [-0.3, -0.25) is 14.9 Å². The normalized spacial score (nSPS) is 14.4. The number of carbonyl (C=O) groups is 1. The Labute approximate surface area is 145 Å². The number of amides is 1. The van der Waals surface area contributed by atoms with Crippen molar-refractivity contribution < 1.29 is 18.9 Å². The standard InChI is InChI=1S/C18H20N2O5/c1-12-10-14(6-8-16(12)20(22)23)24-11-15-7-9-17(25-15)18(21)19-13-4-2-3-5-13/h6-10,13H,2-5,11H2,1H3,(H,19,21). The lowest BCUT2D eigenvalue weighted by molar-refractivity contribution is -0.385. The Kier molecular flexibility index (Phi) is 5.02. The van der Waals surface area contributed by atoms with Crippen LogP contribution in [0.1, 0.15) is 47.6 Å². The zero-order valence-corrected chi connectivity index (χ0v) is 14.0. The first-order chi connectivity index (χ1) is 12.0. The summed E-state index contributed by atoms with van der Waals surface area (Å²) in [6, 6.07) is 8.12. The van der Waals surface area contributed by atoms with Crippen molar-refractivity contribution >= 4 is 11.6 Å². The van der Waals surface area contributed by atoms with Crippen LogP contribution in [-0.4, -0.2) is 16.9 Å². The molecule has 0 spiro atoms. The van der Waals surface area contributed by atoms with Crippen LogP contribution in [0.4, 0.5) is 5.69 Å². The van der Waals surface area contributed by atoms with Gasteiger partial charge >= 0.3 is 0 Å². The highest BCUT2D eigenvalue weighted by atomic mass is 16.6. The van der Waals surface area contributed by atoms with E-state index in [2.05, 4.69) is 5.32 Å². The first-order valence-electron chi connectivity index (χ1n) is 8.30. The molecule has 0 atom stereocenters. The van der Waals surface area contributed by atoms with E-state index in [-0.39, 0.29) is 30.0 Å². The molecule has 1 aromatic carbocycles. The number of aryl methyl sites for hydroxylation is 1. The minimum atomic E-state index is -0.430. The summed E-state index contributed by atoms with van der Waals surface area (Å²) in [5.41, 5.74) is 0.579. The van der Waals surface area contributed by atoms with Crippen LogP contribution >= 0.6 is 0 Å². The topological polar surface area (TPSA) is 94.6 Å². The molecule has 132 valence electrons. The van der Waals surface area contributed by atoms with Crippen molar-refractivity contribution in [2.75, 3.05) is 0 Å². The number of nitro benzene ring substituents is 1. The van der Waals surface area contributed by atoms with E-state index in [1.165, 1.54) is 6.07 Å². The Morgan fingerprint density at radius 3 is 2.76 bits per heavy atom. The molecule has 1 N–H and O–H groups in total. The van der Waals surface area contributed by atoms with Crippen LogP contribution in [0.2, 0.25) is 0 Å². The van der Waals surface area contributed by atoms with Gasteiger partial charge in [0.05, 0.1) is 4.92 Å². The second-order valence-electron chi connectivity index (χ2n) is 6.21. The van der Waals surface area contributed by atoms with E-state index in [0.717, 1.165) is 25.7 Å². The number of ether oxygens (including phenoxy) is 1. The minimum absolute atomic E-state index is 0.0521. The summed E-state index contributed by atoms with van der Waals surface area (Å²) in [5.74, 6) is 1.10. The van der Waals surface area contributed by atoms with Gasteiger partial charge in [0.15, 0.2) is 5.76 Å². The van der Waals surface area contributed by atoms with Crippen LogP contribution in [0, 0.1) is 17.0 Å². The summed E-state index contributed by atoms with van der Waals surface area (Å²) < 4.78 is 11.1. The molecule has 1 aromatic heterocycles. The Morgan fingerprint density at radius 2 is 2.08 bits per heavy atom. The van der Waals surface area contributed by atoms with Gasteiger partial charge in [0.2, 0.25) is 0 Å². The quantitative estimate of drug-likeness (QED) is 0.636. The van der Waals surface area contributed by atoms with E-state index in [1.54, 1.807) is 31.2 Å². The SMILES string of the molecule is Cc1cc(OCc2ccc(C(=O)NC3CCCC3)o2)ccc1[N+](=O)[O-]. The highest BCUT2D eigenvalue weighted by Gasteiger charge is 2.20. The maximum Gasteiger partial charge on any atom is 0.287 e. The van der Waals surface area contributed by atoms with Crippen molar-refractivity contribution in [1.82, 2.24) is 5.32 Å². The molecule has 0 unspecified atom stereocenters. The minimum Gasteiger partial charge on any atom is -0.486 e. The van der Waals surface area contributed by atoms with Crippen molar-refractivity contribution in [2.24, 2.45) is 0 Å². The van der Waals surface area contributed by atoms with Gasteiger partial charge < -0.3 is 14.5 Å². The Morgan fingerprint density at radius 1 is 1.32 bits per heavy atom. The van der Waals surface area contributed by atoms with Crippen LogP contribution < -0.4 is 10.1 Å². The summed E-state index contributed by atoms with van der Waals surface area (Å²) in [7, 11) is 0. The number of nitro groups is 1. The van der Waals surface area contributed by atoms with Gasteiger partial charge in [0.1, 0.15) is 18.1 Å². The molecular formula is C18H20N2O5. The van der Waals surface area contributed by atoms with Gasteiger partial charge in [-0.25, -0.2) is 0 Å². The fourth-order valence-electron chi connectivity index (χ4n) is 2.98. The molecule has 0 aliphatic heterocycles. The number of furan rings is 1. The molecule has 1 aliphatic carbocycles. The van der Waals surface area contributed by atoms with Gasteiger partial charge in [-0.05, 0) is 44.0 Å². The molecular weight excluding hydrogens is 324 g/mol. The molecule has 7 nitrogen and oxygen atoms in total. The Bertz CT molecular complexity index is 778. The van der Waals surface area contributed by atoms with Crippen LogP contribution in [0.25, 0.3) is 0 Å². The van der Waals surface area contributed by atoms with E-state index in [4.69, 9.17) is 9.15 Å². The molecule has 0 saturated heterocycles. The van der Waals surface area contributed by atoms with Gasteiger partial charge in [0.25, 0.3) is 11.6 Å². The summed E-state index contributed by atoms with van der Waals surface area (Å²) in [4.78, 5) is 22.5. The molecule has 7 heteroatoms. The monoisotopic (exact) mass is 344 g/mol. The lowest BCUT2D eigenvalue weighted by Crippen LogP contribution is -2.32. The van der Waals surface area contributed by atoms with Crippen LogP contribution in [0.15, 0.2) is 34.7 Å². The van der Waals surface area contributed by atoms with E-state index < -0.39 is 4.92 Å². The smallest absolute Gasteiger partial charge is 0.287 e. The van der Waals surface area contributed by atoms with Gasteiger partial charge in [0, 0.05) is 17.7 Å². The molecule has 3 rings (SSSR count). The number of rotatable bonds is 6. The first-order valence-corrected chi connectivity index (χ1v) is 8.30. The maximum absolute atomic E-state index is 12.1. The molecule has 2 aromatic rings. The van der Waals surface area contributed by atoms with Crippen LogP contribution in [0.5, 0.6) is 5.75 Å². The average molecular weight is 344 g/mol. The fourth-order valence-corrected chi connectivity index (χ4v) is 2.98. The number of carbonyl (C=O) groups excluding carboxylic acids is 1. The Balaban J connectivity index is 1.57.